The molecular formula is C21H22N2O6. The van der Waals surface area contributed by atoms with Crippen LogP contribution in [0.4, 0.5) is 11.4 Å². The molecule has 1 amide bonds. The molecule has 0 aromatic heterocycles. The monoisotopic (exact) mass is 398 g/mol. The van der Waals surface area contributed by atoms with E-state index in [0.717, 1.165) is 5.56 Å². The van der Waals surface area contributed by atoms with Crippen LogP contribution < -0.4 is 5.32 Å². The van der Waals surface area contributed by atoms with E-state index in [-0.39, 0.29) is 36.4 Å². The first-order valence-corrected chi connectivity index (χ1v) is 9.06. The molecule has 29 heavy (non-hydrogen) atoms. The number of nitrogens with zero attached hydrogens (tertiary/aromatic N) is 1. The van der Waals surface area contributed by atoms with Crippen LogP contribution in [-0.2, 0) is 14.3 Å². The van der Waals surface area contributed by atoms with Crippen molar-refractivity contribution in [3.05, 3.63) is 69.3 Å². The van der Waals surface area contributed by atoms with Gasteiger partial charge >= 0.3 is 5.97 Å². The summed E-state index contributed by atoms with van der Waals surface area (Å²) in [7, 11) is 0. The number of nitro groups is 1. The van der Waals surface area contributed by atoms with Gasteiger partial charge in [-0.25, -0.2) is 0 Å². The molecule has 0 aliphatic carbocycles. The second-order valence-electron chi connectivity index (χ2n) is 6.61. The molecule has 8 heteroatoms. The summed E-state index contributed by atoms with van der Waals surface area (Å²) in [6.45, 7) is 2.98. The highest BCUT2D eigenvalue weighted by molar-refractivity contribution is 5.98. The maximum absolute atomic E-state index is 12.1. The minimum Gasteiger partial charge on any atom is -0.457 e. The van der Waals surface area contributed by atoms with Crippen molar-refractivity contribution in [1.82, 2.24) is 0 Å². The number of nitrogens with one attached hydrogen (secondary N) is 1. The largest absolute Gasteiger partial charge is 0.457 e. The summed E-state index contributed by atoms with van der Waals surface area (Å²) in [6.07, 6.45) is 0.407. The summed E-state index contributed by atoms with van der Waals surface area (Å²) >= 11 is 0. The number of esters is 1. The fourth-order valence-corrected chi connectivity index (χ4v) is 2.62. The number of amides is 1. The summed E-state index contributed by atoms with van der Waals surface area (Å²) in [5.41, 5.74) is 2.09. The van der Waals surface area contributed by atoms with Gasteiger partial charge in [0, 0.05) is 35.7 Å². The SMILES string of the molecule is Cc1cccc(NC(=O)CCCC(=O)OCC(=O)c2ccc(C)c([N+](=O)[O-])c2)c1. The standard InChI is InChI=1S/C21H22N2O6/c1-14-5-3-6-17(11-14)22-20(25)7-4-8-21(26)29-13-19(24)16-10-9-15(2)18(12-16)23(27)28/h3,5-6,9-12H,4,7-8,13H2,1-2H3,(H,22,25). The first-order chi connectivity index (χ1) is 13.8. The Morgan fingerprint density at radius 1 is 1.07 bits per heavy atom. The lowest BCUT2D eigenvalue weighted by atomic mass is 10.1. The maximum atomic E-state index is 12.1. The van der Waals surface area contributed by atoms with Gasteiger partial charge in [0.2, 0.25) is 11.7 Å². The Hall–Kier alpha value is -3.55. The number of aryl methyl sites for hydroxylation is 2. The average Bonchev–Trinajstić information content (AvgIpc) is 2.66. The van der Waals surface area contributed by atoms with E-state index in [4.69, 9.17) is 4.74 Å². The molecule has 0 saturated heterocycles. The van der Waals surface area contributed by atoms with E-state index in [9.17, 15) is 24.5 Å². The first kappa shape index (κ1) is 21.7. The quantitative estimate of drug-likeness (QED) is 0.298. The number of hydrogen-bond donors (Lipinski definition) is 1. The average molecular weight is 398 g/mol. The van der Waals surface area contributed by atoms with Gasteiger partial charge in [-0.2, -0.15) is 0 Å². The molecule has 0 radical (unpaired) electrons. The normalized spacial score (nSPS) is 10.3. The zero-order chi connectivity index (χ0) is 21.4. The Balaban J connectivity index is 1.74. The second-order valence-corrected chi connectivity index (χ2v) is 6.61. The third-order valence-corrected chi connectivity index (χ3v) is 4.18. The molecule has 1 N–H and O–H groups in total. The number of carbonyl (C=O) groups excluding carboxylic acids is 3. The number of ketones is 1. The molecule has 0 fully saturated rings. The summed E-state index contributed by atoms with van der Waals surface area (Å²) in [4.78, 5) is 46.1. The third kappa shape index (κ3) is 6.84. The van der Waals surface area contributed by atoms with Crippen LogP contribution in [0.3, 0.4) is 0 Å². The second kappa shape index (κ2) is 10.1. The number of nitro benzene ring substituents is 1. The summed E-state index contributed by atoms with van der Waals surface area (Å²) in [5, 5.41) is 13.7. The minimum atomic E-state index is -0.608. The van der Waals surface area contributed by atoms with Crippen LogP contribution in [0.2, 0.25) is 0 Å². The lowest BCUT2D eigenvalue weighted by molar-refractivity contribution is -0.385. The van der Waals surface area contributed by atoms with Crippen LogP contribution in [0, 0.1) is 24.0 Å². The Morgan fingerprint density at radius 2 is 1.83 bits per heavy atom. The summed E-state index contributed by atoms with van der Waals surface area (Å²) < 4.78 is 4.91. The predicted molar refractivity (Wildman–Crippen MR) is 107 cm³/mol. The summed E-state index contributed by atoms with van der Waals surface area (Å²) in [5.74, 6) is -1.35. The van der Waals surface area contributed by atoms with Gasteiger partial charge in [0.05, 0.1) is 4.92 Å². The van der Waals surface area contributed by atoms with Crippen LogP contribution in [-0.4, -0.2) is 29.2 Å². The van der Waals surface area contributed by atoms with Gasteiger partial charge in [0.25, 0.3) is 5.69 Å². The van der Waals surface area contributed by atoms with E-state index in [1.165, 1.54) is 18.2 Å². The van der Waals surface area contributed by atoms with Crippen molar-refractivity contribution in [2.75, 3.05) is 11.9 Å². The lowest BCUT2D eigenvalue weighted by Crippen LogP contribution is -2.15. The number of hydrogen-bond acceptors (Lipinski definition) is 6. The molecule has 0 aliphatic heterocycles. The predicted octanol–water partition coefficient (Wildman–Crippen LogP) is 3.75. The third-order valence-electron chi connectivity index (χ3n) is 4.18. The molecule has 0 atom stereocenters. The molecule has 0 aliphatic rings. The van der Waals surface area contributed by atoms with Crippen molar-refractivity contribution in [1.29, 1.82) is 0 Å². The molecule has 2 aromatic carbocycles. The highest BCUT2D eigenvalue weighted by Gasteiger charge is 2.16. The van der Waals surface area contributed by atoms with Crippen LogP contribution in [0.25, 0.3) is 0 Å². The molecule has 2 rings (SSSR count). The molecule has 0 bridgehead atoms. The molecule has 152 valence electrons. The molecule has 2 aromatic rings. The highest BCUT2D eigenvalue weighted by Crippen LogP contribution is 2.19. The Morgan fingerprint density at radius 3 is 2.52 bits per heavy atom. The fraction of sp³-hybridized carbons (Fsp3) is 0.286. The van der Waals surface area contributed by atoms with Crippen molar-refractivity contribution >= 4 is 29.0 Å². The highest BCUT2D eigenvalue weighted by atomic mass is 16.6. The van der Waals surface area contributed by atoms with Crippen LogP contribution in [0.5, 0.6) is 0 Å². The van der Waals surface area contributed by atoms with Crippen LogP contribution in [0.15, 0.2) is 42.5 Å². The summed E-state index contributed by atoms with van der Waals surface area (Å²) in [6, 6.07) is 11.5. The Kier molecular flexibility index (Phi) is 7.59. The number of benzene rings is 2. The Bertz CT molecular complexity index is 939. The number of anilines is 1. The van der Waals surface area contributed by atoms with Gasteiger partial charge in [-0.15, -0.1) is 0 Å². The number of carbonyl (C=O) groups is 3. The molecule has 8 nitrogen and oxygen atoms in total. The number of ether oxygens (including phenoxy) is 1. The molecule has 0 heterocycles. The minimum absolute atomic E-state index is 0.0113. The van der Waals surface area contributed by atoms with Gasteiger partial charge < -0.3 is 10.1 Å². The van der Waals surface area contributed by atoms with E-state index in [1.54, 1.807) is 13.0 Å². The van der Waals surface area contributed by atoms with E-state index < -0.39 is 23.3 Å². The van der Waals surface area contributed by atoms with E-state index >= 15 is 0 Å². The van der Waals surface area contributed by atoms with Gasteiger partial charge in [0.1, 0.15) is 0 Å². The van der Waals surface area contributed by atoms with Gasteiger partial charge in [0.15, 0.2) is 6.61 Å². The van der Waals surface area contributed by atoms with Crippen molar-refractivity contribution in [2.45, 2.75) is 33.1 Å². The van der Waals surface area contributed by atoms with Gasteiger partial charge in [-0.3, -0.25) is 24.5 Å². The van der Waals surface area contributed by atoms with E-state index in [2.05, 4.69) is 5.32 Å². The molecule has 0 unspecified atom stereocenters. The first-order valence-electron chi connectivity index (χ1n) is 9.06. The maximum Gasteiger partial charge on any atom is 0.306 e. The topological polar surface area (TPSA) is 116 Å². The van der Waals surface area contributed by atoms with Crippen molar-refractivity contribution in [3.8, 4) is 0 Å². The molecule has 0 spiro atoms. The molecular weight excluding hydrogens is 376 g/mol. The van der Waals surface area contributed by atoms with Crippen molar-refractivity contribution in [2.24, 2.45) is 0 Å². The molecule has 0 saturated carbocycles. The van der Waals surface area contributed by atoms with Gasteiger partial charge in [-0.05, 0) is 38.0 Å². The number of Topliss-reactive ketones (excluding diaryl/α,β-unsaturated/α-hetero) is 1. The smallest absolute Gasteiger partial charge is 0.306 e. The van der Waals surface area contributed by atoms with Crippen molar-refractivity contribution < 1.29 is 24.0 Å². The fourth-order valence-electron chi connectivity index (χ4n) is 2.62. The lowest BCUT2D eigenvalue weighted by Gasteiger charge is -2.07. The Labute approximate surface area is 168 Å². The van der Waals surface area contributed by atoms with E-state index in [0.29, 0.717) is 11.3 Å². The van der Waals surface area contributed by atoms with Crippen LogP contribution in [0.1, 0.15) is 40.7 Å². The van der Waals surface area contributed by atoms with Gasteiger partial charge in [-0.1, -0.05) is 24.3 Å². The van der Waals surface area contributed by atoms with Crippen molar-refractivity contribution in [3.63, 3.8) is 0 Å². The zero-order valence-corrected chi connectivity index (χ0v) is 16.3. The number of rotatable bonds is 9. The van der Waals surface area contributed by atoms with E-state index in [1.807, 2.05) is 25.1 Å². The van der Waals surface area contributed by atoms with Crippen LogP contribution >= 0.6 is 0 Å². The zero-order valence-electron chi connectivity index (χ0n) is 16.3.